The zero-order chi connectivity index (χ0) is 23.3. The molecule has 0 bridgehead atoms. The first-order valence-corrected chi connectivity index (χ1v) is 9.91. The Morgan fingerprint density at radius 2 is 1.94 bits per heavy atom. The summed E-state index contributed by atoms with van der Waals surface area (Å²) in [6.07, 6.45) is 0. The standard InChI is InChI=1S/C17H22N6O7S/c1-5-29-15(27)10-8(3)30-14(11(10)12(18)25)20-13(26)7(2)23-16(19)21-22-17(23)31-6-9(24)28-4/h7H,5-6H2,1-4H3,(H2,18,25)(H2,19,21)(H,20,26). The average molecular weight is 454 g/mol. The van der Waals surface area contributed by atoms with Crippen LogP contribution in [-0.4, -0.2) is 58.0 Å². The molecule has 2 aromatic rings. The number of nitrogens with zero attached hydrogens (tertiary/aromatic N) is 3. The van der Waals surface area contributed by atoms with Crippen LogP contribution >= 0.6 is 11.8 Å². The van der Waals surface area contributed by atoms with Crippen LogP contribution in [0.3, 0.4) is 0 Å². The molecule has 2 amide bonds. The quantitative estimate of drug-likeness (QED) is 0.352. The number of hydrogen-bond donors (Lipinski definition) is 3. The van der Waals surface area contributed by atoms with E-state index in [0.29, 0.717) is 0 Å². The van der Waals surface area contributed by atoms with E-state index >= 15 is 0 Å². The molecule has 0 fully saturated rings. The van der Waals surface area contributed by atoms with Gasteiger partial charge in [0.1, 0.15) is 22.9 Å². The first-order valence-electron chi connectivity index (χ1n) is 8.93. The van der Waals surface area contributed by atoms with E-state index in [9.17, 15) is 19.2 Å². The predicted octanol–water partition coefficient (Wildman–Crippen LogP) is 0.502. The van der Waals surface area contributed by atoms with Crippen molar-refractivity contribution in [1.82, 2.24) is 14.8 Å². The molecule has 14 heteroatoms. The summed E-state index contributed by atoms with van der Waals surface area (Å²) in [5.74, 6) is -3.37. The first-order chi connectivity index (χ1) is 14.6. The molecule has 5 N–H and O–H groups in total. The van der Waals surface area contributed by atoms with Gasteiger partial charge in [-0.25, -0.2) is 4.79 Å². The molecule has 0 spiro atoms. The van der Waals surface area contributed by atoms with Crippen LogP contribution < -0.4 is 16.8 Å². The summed E-state index contributed by atoms with van der Waals surface area (Å²) in [5, 5.41) is 10.2. The number of furan rings is 1. The van der Waals surface area contributed by atoms with Crippen LogP contribution in [0.2, 0.25) is 0 Å². The number of amides is 2. The van der Waals surface area contributed by atoms with Crippen molar-refractivity contribution in [2.75, 3.05) is 30.5 Å². The lowest BCUT2D eigenvalue weighted by Gasteiger charge is -2.15. The monoisotopic (exact) mass is 454 g/mol. The number of nitrogens with one attached hydrogen (secondary N) is 1. The van der Waals surface area contributed by atoms with Gasteiger partial charge in [-0.05, 0) is 20.8 Å². The van der Waals surface area contributed by atoms with Gasteiger partial charge in [-0.15, -0.1) is 10.2 Å². The van der Waals surface area contributed by atoms with E-state index in [2.05, 4.69) is 20.3 Å². The Hall–Kier alpha value is -3.55. The normalized spacial score (nSPS) is 11.6. The highest BCUT2D eigenvalue weighted by Gasteiger charge is 2.31. The van der Waals surface area contributed by atoms with Crippen LogP contribution in [0, 0.1) is 6.92 Å². The number of rotatable bonds is 9. The van der Waals surface area contributed by atoms with Crippen molar-refractivity contribution in [2.45, 2.75) is 32.0 Å². The maximum atomic E-state index is 12.8. The second-order valence-corrected chi connectivity index (χ2v) is 7.01. The fourth-order valence-electron chi connectivity index (χ4n) is 2.58. The molecular formula is C17H22N6O7S. The number of anilines is 2. The lowest BCUT2D eigenvalue weighted by molar-refractivity contribution is -0.137. The molecule has 168 valence electrons. The number of ether oxygens (including phenoxy) is 2. The van der Waals surface area contributed by atoms with Crippen molar-refractivity contribution < 1.29 is 33.1 Å². The van der Waals surface area contributed by atoms with Crippen LogP contribution in [0.15, 0.2) is 9.57 Å². The molecule has 2 aromatic heterocycles. The Labute approximate surface area is 180 Å². The summed E-state index contributed by atoms with van der Waals surface area (Å²) in [4.78, 5) is 48.3. The summed E-state index contributed by atoms with van der Waals surface area (Å²) in [7, 11) is 1.24. The summed E-state index contributed by atoms with van der Waals surface area (Å²) in [6.45, 7) is 4.58. The average Bonchev–Trinajstić information content (AvgIpc) is 3.24. The molecule has 0 radical (unpaired) electrons. The molecule has 1 atom stereocenters. The van der Waals surface area contributed by atoms with Gasteiger partial charge >= 0.3 is 11.9 Å². The van der Waals surface area contributed by atoms with E-state index in [1.165, 1.54) is 25.5 Å². The van der Waals surface area contributed by atoms with Gasteiger partial charge in [0, 0.05) is 0 Å². The number of nitrogen functional groups attached to an aromatic ring is 1. The molecule has 0 saturated heterocycles. The first kappa shape index (κ1) is 23.7. The minimum Gasteiger partial charge on any atom is -0.468 e. The van der Waals surface area contributed by atoms with Gasteiger partial charge in [-0.1, -0.05) is 11.8 Å². The minimum absolute atomic E-state index is 0.0494. The molecule has 0 aliphatic rings. The van der Waals surface area contributed by atoms with E-state index in [0.717, 1.165) is 11.8 Å². The van der Waals surface area contributed by atoms with E-state index in [1.54, 1.807) is 6.92 Å². The van der Waals surface area contributed by atoms with E-state index in [-0.39, 0.29) is 46.2 Å². The fourth-order valence-corrected chi connectivity index (χ4v) is 3.44. The molecule has 31 heavy (non-hydrogen) atoms. The number of esters is 2. The molecular weight excluding hydrogens is 432 g/mol. The van der Waals surface area contributed by atoms with E-state index < -0.39 is 29.8 Å². The Bertz CT molecular complexity index is 1020. The Balaban J connectivity index is 2.31. The van der Waals surface area contributed by atoms with Crippen LogP contribution in [0.5, 0.6) is 0 Å². The maximum Gasteiger partial charge on any atom is 0.342 e. The van der Waals surface area contributed by atoms with Crippen LogP contribution in [-0.2, 0) is 19.1 Å². The zero-order valence-electron chi connectivity index (χ0n) is 17.3. The number of aromatic nitrogens is 3. The van der Waals surface area contributed by atoms with Crippen molar-refractivity contribution in [2.24, 2.45) is 5.73 Å². The number of hydrogen-bond acceptors (Lipinski definition) is 11. The Morgan fingerprint density at radius 1 is 1.26 bits per heavy atom. The van der Waals surface area contributed by atoms with Gasteiger partial charge in [-0.2, -0.15) is 0 Å². The predicted molar refractivity (Wildman–Crippen MR) is 108 cm³/mol. The molecule has 0 aliphatic carbocycles. The SMILES string of the molecule is CCOC(=O)c1c(C)oc(NC(=O)C(C)n2c(N)nnc2SCC(=O)OC)c1C(N)=O. The van der Waals surface area contributed by atoms with Crippen LogP contribution in [0.4, 0.5) is 11.8 Å². The van der Waals surface area contributed by atoms with Crippen LogP contribution in [0.1, 0.15) is 46.4 Å². The highest BCUT2D eigenvalue weighted by molar-refractivity contribution is 7.99. The third-order valence-corrected chi connectivity index (χ3v) is 4.97. The Morgan fingerprint density at radius 3 is 2.52 bits per heavy atom. The second-order valence-electron chi connectivity index (χ2n) is 6.06. The van der Waals surface area contributed by atoms with Crippen LogP contribution in [0.25, 0.3) is 0 Å². The van der Waals surface area contributed by atoms with Gasteiger partial charge in [0.2, 0.25) is 17.7 Å². The third-order valence-electron chi connectivity index (χ3n) is 4.05. The van der Waals surface area contributed by atoms with Crippen molar-refractivity contribution in [3.05, 3.63) is 16.9 Å². The number of thioether (sulfide) groups is 1. The minimum atomic E-state index is -0.985. The van der Waals surface area contributed by atoms with Gasteiger partial charge < -0.3 is 25.4 Å². The maximum absolute atomic E-state index is 12.8. The lowest BCUT2D eigenvalue weighted by atomic mass is 10.1. The molecule has 2 heterocycles. The largest absolute Gasteiger partial charge is 0.468 e. The van der Waals surface area contributed by atoms with Crippen molar-refractivity contribution in [1.29, 1.82) is 0 Å². The summed E-state index contributed by atoms with van der Waals surface area (Å²) in [6, 6.07) is -0.979. The molecule has 13 nitrogen and oxygen atoms in total. The van der Waals surface area contributed by atoms with Gasteiger partial charge in [-0.3, -0.25) is 24.3 Å². The number of carbonyl (C=O) groups excluding carboxylic acids is 4. The lowest BCUT2D eigenvalue weighted by Crippen LogP contribution is -2.27. The van der Waals surface area contributed by atoms with Gasteiger partial charge in [0.15, 0.2) is 5.16 Å². The summed E-state index contributed by atoms with van der Waals surface area (Å²) >= 11 is 0.973. The third kappa shape index (κ3) is 5.14. The van der Waals surface area contributed by atoms with Gasteiger partial charge in [0.05, 0.1) is 19.5 Å². The number of aryl methyl sites for hydroxylation is 1. The second kappa shape index (κ2) is 9.97. The molecule has 0 aromatic carbocycles. The molecule has 2 rings (SSSR count). The zero-order valence-corrected chi connectivity index (χ0v) is 18.1. The Kier molecular flexibility index (Phi) is 7.63. The van der Waals surface area contributed by atoms with Crippen molar-refractivity contribution >= 4 is 47.3 Å². The molecule has 0 saturated carbocycles. The number of carbonyl (C=O) groups is 4. The van der Waals surface area contributed by atoms with Crippen molar-refractivity contribution in [3.8, 4) is 0 Å². The summed E-state index contributed by atoms with van der Waals surface area (Å²) in [5.41, 5.74) is 10.7. The van der Waals surface area contributed by atoms with E-state index in [4.69, 9.17) is 20.6 Å². The number of methoxy groups -OCH3 is 1. The number of primary amides is 1. The molecule has 1 unspecified atom stereocenters. The molecule has 0 aliphatic heterocycles. The smallest absolute Gasteiger partial charge is 0.342 e. The number of nitrogens with two attached hydrogens (primary N) is 2. The van der Waals surface area contributed by atoms with Gasteiger partial charge in [0.25, 0.3) is 5.91 Å². The van der Waals surface area contributed by atoms with E-state index in [1.807, 2.05) is 0 Å². The van der Waals surface area contributed by atoms with Crippen molar-refractivity contribution in [3.63, 3.8) is 0 Å². The summed E-state index contributed by atoms with van der Waals surface area (Å²) < 4.78 is 16.2. The topological polar surface area (TPSA) is 195 Å². The highest BCUT2D eigenvalue weighted by Crippen LogP contribution is 2.29. The fraction of sp³-hybridized carbons (Fsp3) is 0.412. The highest BCUT2D eigenvalue weighted by atomic mass is 32.2.